The van der Waals surface area contributed by atoms with Crippen LogP contribution >= 0.6 is 11.6 Å². The zero-order chi connectivity index (χ0) is 13.9. The van der Waals surface area contributed by atoms with Crippen molar-refractivity contribution in [2.45, 2.75) is 10.1 Å². The van der Waals surface area contributed by atoms with Gasteiger partial charge in [-0.3, -0.25) is 0 Å². The molecule has 0 heterocycles. The second-order valence-corrected chi connectivity index (χ2v) is 6.69. The van der Waals surface area contributed by atoms with Gasteiger partial charge in [0.1, 0.15) is 5.25 Å². The van der Waals surface area contributed by atoms with Crippen molar-refractivity contribution >= 4 is 21.4 Å². The summed E-state index contributed by atoms with van der Waals surface area (Å²) in [5.41, 5.74) is 4.36. The number of halogens is 1. The van der Waals surface area contributed by atoms with Crippen LogP contribution in [0.5, 0.6) is 0 Å². The van der Waals surface area contributed by atoms with E-state index in [9.17, 15) is 8.42 Å². The average molecular weight is 297 g/mol. The lowest BCUT2D eigenvalue weighted by atomic mass is 10.1. The van der Waals surface area contributed by atoms with E-state index in [1.54, 1.807) is 54.6 Å². The van der Waals surface area contributed by atoms with Gasteiger partial charge < -0.3 is 5.73 Å². The van der Waals surface area contributed by atoms with Crippen molar-refractivity contribution < 1.29 is 14.2 Å². The van der Waals surface area contributed by atoms with Gasteiger partial charge in [0.2, 0.25) is 0 Å². The van der Waals surface area contributed by atoms with Gasteiger partial charge in [0.05, 0.1) is 11.4 Å². The third kappa shape index (κ3) is 2.81. The predicted octanol–water partition coefficient (Wildman–Crippen LogP) is 2.10. The van der Waals surface area contributed by atoms with Crippen molar-refractivity contribution in [2.24, 2.45) is 0 Å². The second kappa shape index (κ2) is 5.74. The maximum atomic E-state index is 12.6. The van der Waals surface area contributed by atoms with E-state index in [-0.39, 0.29) is 6.54 Å². The molecule has 0 aliphatic rings. The summed E-state index contributed by atoms with van der Waals surface area (Å²) in [5.74, 6) is 0. The van der Waals surface area contributed by atoms with Gasteiger partial charge in [0.25, 0.3) is 0 Å². The molecule has 0 spiro atoms. The molecule has 0 fully saturated rings. The zero-order valence-electron chi connectivity index (χ0n) is 10.3. The smallest absolute Gasteiger partial charge is 0.190 e. The normalized spacial score (nSPS) is 13.2. The topological polar surface area (TPSA) is 61.8 Å². The Morgan fingerprint density at radius 3 is 2.16 bits per heavy atom. The molecule has 3 nitrogen and oxygen atoms in total. The summed E-state index contributed by atoms with van der Waals surface area (Å²) < 4.78 is 25.2. The van der Waals surface area contributed by atoms with Gasteiger partial charge in [-0.05, 0) is 23.8 Å². The van der Waals surface area contributed by atoms with E-state index >= 15 is 0 Å². The second-order valence-electron chi connectivity index (χ2n) is 4.16. The quantitative estimate of drug-likeness (QED) is 0.939. The zero-order valence-corrected chi connectivity index (χ0v) is 11.9. The van der Waals surface area contributed by atoms with Gasteiger partial charge in [-0.1, -0.05) is 48.0 Å². The largest absolute Gasteiger partial charge is 0.356 e. The summed E-state index contributed by atoms with van der Waals surface area (Å²) >= 11 is 6.10. The van der Waals surface area contributed by atoms with E-state index in [0.29, 0.717) is 15.5 Å². The van der Waals surface area contributed by atoms with Crippen molar-refractivity contribution in [1.29, 1.82) is 0 Å². The van der Waals surface area contributed by atoms with Gasteiger partial charge >= 0.3 is 0 Å². The van der Waals surface area contributed by atoms with E-state index in [1.165, 1.54) is 0 Å². The molecule has 0 aromatic heterocycles. The molecule has 3 N–H and O–H groups in total. The summed E-state index contributed by atoms with van der Waals surface area (Å²) in [7, 11) is -3.47. The van der Waals surface area contributed by atoms with E-state index in [0.717, 1.165) is 0 Å². The molecular weight excluding hydrogens is 282 g/mol. The third-order valence-corrected chi connectivity index (χ3v) is 5.47. The number of quaternary nitrogens is 1. The third-order valence-electron chi connectivity index (χ3n) is 2.96. The Morgan fingerprint density at radius 2 is 1.58 bits per heavy atom. The summed E-state index contributed by atoms with van der Waals surface area (Å²) in [4.78, 5) is 0.295. The molecule has 1 atom stereocenters. The van der Waals surface area contributed by atoms with E-state index in [2.05, 4.69) is 5.73 Å². The first kappa shape index (κ1) is 14.1. The van der Waals surface area contributed by atoms with Crippen LogP contribution in [0.15, 0.2) is 59.5 Å². The van der Waals surface area contributed by atoms with Gasteiger partial charge in [-0.15, -0.1) is 0 Å². The van der Waals surface area contributed by atoms with Crippen LogP contribution in [0.2, 0.25) is 5.02 Å². The molecule has 2 aromatic rings. The van der Waals surface area contributed by atoms with Crippen LogP contribution in [0.4, 0.5) is 0 Å². The molecule has 2 rings (SSSR count). The maximum absolute atomic E-state index is 12.6. The molecule has 5 heteroatoms. The molecule has 0 saturated carbocycles. The minimum Gasteiger partial charge on any atom is -0.356 e. The highest BCUT2D eigenvalue weighted by atomic mass is 35.5. The monoisotopic (exact) mass is 296 g/mol. The van der Waals surface area contributed by atoms with Crippen LogP contribution < -0.4 is 5.73 Å². The fourth-order valence-electron chi connectivity index (χ4n) is 1.99. The highest BCUT2D eigenvalue weighted by Crippen LogP contribution is 2.31. The van der Waals surface area contributed by atoms with Gasteiger partial charge in [-0.25, -0.2) is 8.42 Å². The highest BCUT2D eigenvalue weighted by Gasteiger charge is 2.30. The summed E-state index contributed by atoms with van der Waals surface area (Å²) in [5, 5.41) is -0.265. The van der Waals surface area contributed by atoms with E-state index in [1.807, 2.05) is 0 Å². The minimum atomic E-state index is -3.47. The SMILES string of the molecule is [NH3+]C[C@@H](c1ccccc1Cl)S(=O)(=O)c1ccccc1. The van der Waals surface area contributed by atoms with Crippen molar-refractivity contribution in [2.75, 3.05) is 6.54 Å². The minimum absolute atomic E-state index is 0.237. The first-order valence-electron chi connectivity index (χ1n) is 5.90. The Kier molecular flexibility index (Phi) is 4.24. The highest BCUT2D eigenvalue weighted by molar-refractivity contribution is 7.91. The van der Waals surface area contributed by atoms with Crippen LogP contribution in [-0.2, 0) is 9.84 Å². The number of hydrogen-bond acceptors (Lipinski definition) is 2. The van der Waals surface area contributed by atoms with Crippen molar-refractivity contribution in [3.8, 4) is 0 Å². The molecular formula is C14H15ClNO2S+. The lowest BCUT2D eigenvalue weighted by molar-refractivity contribution is -0.367. The van der Waals surface area contributed by atoms with Crippen LogP contribution in [0.3, 0.4) is 0 Å². The van der Waals surface area contributed by atoms with Gasteiger partial charge in [0.15, 0.2) is 9.84 Å². The molecule has 0 radical (unpaired) electrons. The van der Waals surface area contributed by atoms with Crippen LogP contribution in [-0.4, -0.2) is 15.0 Å². The lowest BCUT2D eigenvalue weighted by Gasteiger charge is -2.16. The molecule has 0 aliphatic carbocycles. The fourth-order valence-corrected chi connectivity index (χ4v) is 4.04. The molecule has 0 bridgehead atoms. The fraction of sp³-hybridized carbons (Fsp3) is 0.143. The van der Waals surface area contributed by atoms with Crippen LogP contribution in [0.1, 0.15) is 10.8 Å². The summed E-state index contributed by atoms with van der Waals surface area (Å²) in [6.07, 6.45) is 0. The molecule has 0 unspecified atom stereocenters. The number of sulfone groups is 1. The van der Waals surface area contributed by atoms with Crippen molar-refractivity contribution in [3.63, 3.8) is 0 Å². The molecule has 0 amide bonds. The van der Waals surface area contributed by atoms with Gasteiger partial charge in [0, 0.05) is 5.02 Å². The lowest BCUT2D eigenvalue weighted by Crippen LogP contribution is -2.54. The molecule has 2 aromatic carbocycles. The molecule has 100 valence electrons. The van der Waals surface area contributed by atoms with Crippen molar-refractivity contribution in [1.82, 2.24) is 0 Å². The Morgan fingerprint density at radius 1 is 1.00 bits per heavy atom. The Labute approximate surface area is 117 Å². The van der Waals surface area contributed by atoms with Crippen molar-refractivity contribution in [3.05, 3.63) is 65.2 Å². The van der Waals surface area contributed by atoms with E-state index < -0.39 is 15.1 Å². The van der Waals surface area contributed by atoms with Crippen LogP contribution in [0, 0.1) is 0 Å². The molecule has 0 aliphatic heterocycles. The number of rotatable bonds is 4. The molecule has 19 heavy (non-hydrogen) atoms. The maximum Gasteiger partial charge on any atom is 0.190 e. The average Bonchev–Trinajstić information content (AvgIpc) is 2.42. The summed E-state index contributed by atoms with van der Waals surface area (Å²) in [6.45, 7) is 0.237. The Hall–Kier alpha value is -1.36. The first-order chi connectivity index (χ1) is 9.07. The van der Waals surface area contributed by atoms with Crippen LogP contribution in [0.25, 0.3) is 0 Å². The molecule has 0 saturated heterocycles. The Balaban J connectivity index is 2.52. The van der Waals surface area contributed by atoms with E-state index in [4.69, 9.17) is 11.6 Å². The Bertz CT molecular complexity index is 656. The predicted molar refractivity (Wildman–Crippen MR) is 75.6 cm³/mol. The summed E-state index contributed by atoms with van der Waals surface area (Å²) in [6, 6.07) is 15.4. The number of benzene rings is 2. The number of hydrogen-bond donors (Lipinski definition) is 1. The van der Waals surface area contributed by atoms with Gasteiger partial charge in [-0.2, -0.15) is 0 Å². The first-order valence-corrected chi connectivity index (χ1v) is 7.82. The standard InChI is InChI=1S/C14H14ClNO2S/c15-13-9-5-4-8-12(13)14(10-16)19(17,18)11-6-2-1-3-7-11/h1-9,14H,10,16H2/p+1/t14-/m0/s1.